The maximum absolute atomic E-state index is 12.1. The lowest BCUT2D eigenvalue weighted by molar-refractivity contribution is 0.0953. The molecule has 1 heterocycles. The highest BCUT2D eigenvalue weighted by molar-refractivity contribution is 5.99. The number of H-pyrrole nitrogens is 1. The second kappa shape index (κ2) is 4.72. The first-order valence-electron chi connectivity index (χ1n) is 7.02. The van der Waals surface area contributed by atoms with Gasteiger partial charge in [-0.2, -0.15) is 0 Å². The molecule has 0 aliphatic heterocycles. The number of carbonyl (C=O) groups is 1. The number of carbonyl (C=O) groups excluding carboxylic acids is 1. The number of nitrogens with one attached hydrogen (secondary N) is 2. The third kappa shape index (κ3) is 2.50. The Bertz CT molecular complexity index is 623. The van der Waals surface area contributed by atoms with Gasteiger partial charge in [0, 0.05) is 28.7 Å². The van der Waals surface area contributed by atoms with Crippen LogP contribution in [-0.2, 0) is 0 Å². The Morgan fingerprint density at radius 1 is 1.37 bits per heavy atom. The van der Waals surface area contributed by atoms with Crippen molar-refractivity contribution in [2.24, 2.45) is 5.92 Å². The third-order valence-electron chi connectivity index (χ3n) is 4.11. The fraction of sp³-hybridized carbons (Fsp3) is 0.438. The molecule has 3 rings (SSSR count). The minimum atomic E-state index is 0.0424. The molecule has 1 aliphatic carbocycles. The van der Waals surface area contributed by atoms with Crippen LogP contribution in [0.25, 0.3) is 10.9 Å². The molecule has 0 atom stereocenters. The van der Waals surface area contributed by atoms with E-state index in [-0.39, 0.29) is 5.91 Å². The number of hydrogen-bond acceptors (Lipinski definition) is 1. The van der Waals surface area contributed by atoms with E-state index in [1.54, 1.807) is 0 Å². The van der Waals surface area contributed by atoms with Crippen molar-refractivity contribution >= 4 is 16.8 Å². The van der Waals surface area contributed by atoms with Gasteiger partial charge in [0.05, 0.1) is 0 Å². The van der Waals surface area contributed by atoms with E-state index in [9.17, 15) is 4.79 Å². The van der Waals surface area contributed by atoms with E-state index in [0.29, 0.717) is 0 Å². The summed E-state index contributed by atoms with van der Waals surface area (Å²) in [5, 5.41) is 4.16. The highest BCUT2D eigenvalue weighted by Crippen LogP contribution is 2.31. The molecule has 2 N–H and O–H groups in total. The Hall–Kier alpha value is -1.77. The first kappa shape index (κ1) is 12.3. The van der Waals surface area contributed by atoms with E-state index in [2.05, 4.69) is 24.1 Å². The van der Waals surface area contributed by atoms with E-state index >= 15 is 0 Å². The highest BCUT2D eigenvalue weighted by atomic mass is 16.1. The molecule has 0 bridgehead atoms. The average molecular weight is 256 g/mol. The first-order valence-corrected chi connectivity index (χ1v) is 7.02. The van der Waals surface area contributed by atoms with Crippen LogP contribution in [0.15, 0.2) is 18.2 Å². The van der Waals surface area contributed by atoms with Crippen LogP contribution >= 0.6 is 0 Å². The summed E-state index contributed by atoms with van der Waals surface area (Å²) in [5.41, 5.74) is 4.25. The Labute approximate surface area is 113 Å². The summed E-state index contributed by atoms with van der Waals surface area (Å²) in [6, 6.07) is 5.87. The first-order chi connectivity index (χ1) is 9.15. The minimum absolute atomic E-state index is 0.0424. The Morgan fingerprint density at radius 3 is 2.89 bits per heavy atom. The monoisotopic (exact) mass is 256 g/mol. The zero-order chi connectivity index (χ0) is 13.4. The molecule has 1 amide bonds. The number of benzene rings is 1. The second-order valence-electron chi connectivity index (χ2n) is 5.62. The van der Waals surface area contributed by atoms with Gasteiger partial charge in [-0.05, 0) is 49.9 Å². The largest absolute Gasteiger partial charge is 0.358 e. The fourth-order valence-electron chi connectivity index (χ4n) is 2.50. The molecule has 3 heteroatoms. The van der Waals surface area contributed by atoms with Gasteiger partial charge >= 0.3 is 0 Å². The number of hydrogen-bond donors (Lipinski definition) is 2. The van der Waals surface area contributed by atoms with Gasteiger partial charge in [-0.15, -0.1) is 0 Å². The SMILES string of the molecule is Cc1[nH]c2ccc(C(=O)NCCC3CC3)cc2c1C. The quantitative estimate of drug-likeness (QED) is 0.866. The molecular weight excluding hydrogens is 236 g/mol. The van der Waals surface area contributed by atoms with E-state index in [0.717, 1.165) is 35.3 Å². The fourth-order valence-corrected chi connectivity index (χ4v) is 2.50. The molecule has 0 unspecified atom stereocenters. The van der Waals surface area contributed by atoms with Crippen molar-refractivity contribution in [3.05, 3.63) is 35.0 Å². The Kier molecular flexibility index (Phi) is 3.05. The normalized spacial score (nSPS) is 14.8. The van der Waals surface area contributed by atoms with Crippen LogP contribution in [0.3, 0.4) is 0 Å². The van der Waals surface area contributed by atoms with Crippen molar-refractivity contribution in [3.63, 3.8) is 0 Å². The zero-order valence-electron chi connectivity index (χ0n) is 11.5. The van der Waals surface area contributed by atoms with Crippen molar-refractivity contribution in [1.29, 1.82) is 0 Å². The van der Waals surface area contributed by atoms with E-state index in [1.807, 2.05) is 18.2 Å². The van der Waals surface area contributed by atoms with Crippen LogP contribution in [0.2, 0.25) is 0 Å². The molecule has 0 saturated heterocycles. The van der Waals surface area contributed by atoms with Crippen molar-refractivity contribution in [3.8, 4) is 0 Å². The second-order valence-corrected chi connectivity index (χ2v) is 5.62. The van der Waals surface area contributed by atoms with E-state index < -0.39 is 0 Å². The lowest BCUT2D eigenvalue weighted by Crippen LogP contribution is -2.24. The number of rotatable bonds is 4. The maximum atomic E-state index is 12.1. The molecule has 3 nitrogen and oxygen atoms in total. The van der Waals surface area contributed by atoms with Crippen LogP contribution in [0, 0.1) is 19.8 Å². The zero-order valence-corrected chi connectivity index (χ0v) is 11.5. The Morgan fingerprint density at radius 2 is 2.16 bits per heavy atom. The smallest absolute Gasteiger partial charge is 0.251 e. The van der Waals surface area contributed by atoms with Gasteiger partial charge in [0.2, 0.25) is 0 Å². The summed E-state index contributed by atoms with van der Waals surface area (Å²) in [6.45, 7) is 4.94. The predicted octanol–water partition coefficient (Wildman–Crippen LogP) is 3.31. The average Bonchev–Trinajstić information content (AvgIpc) is 3.17. The van der Waals surface area contributed by atoms with Crippen LogP contribution in [-0.4, -0.2) is 17.4 Å². The van der Waals surface area contributed by atoms with Crippen molar-refractivity contribution in [2.75, 3.05) is 6.54 Å². The lowest BCUT2D eigenvalue weighted by atomic mass is 10.1. The van der Waals surface area contributed by atoms with Gasteiger partial charge in [0.1, 0.15) is 0 Å². The molecule has 1 aromatic carbocycles. The molecule has 19 heavy (non-hydrogen) atoms. The molecule has 0 radical (unpaired) electrons. The summed E-state index contributed by atoms with van der Waals surface area (Å²) >= 11 is 0. The molecular formula is C16H20N2O. The number of aryl methyl sites for hydroxylation is 2. The molecule has 0 spiro atoms. The highest BCUT2D eigenvalue weighted by Gasteiger charge is 2.20. The van der Waals surface area contributed by atoms with Crippen LogP contribution < -0.4 is 5.32 Å². The molecule has 1 aromatic heterocycles. The molecule has 1 fully saturated rings. The molecule has 100 valence electrons. The van der Waals surface area contributed by atoms with Gasteiger partial charge < -0.3 is 10.3 Å². The van der Waals surface area contributed by atoms with Gasteiger partial charge in [-0.25, -0.2) is 0 Å². The minimum Gasteiger partial charge on any atom is -0.358 e. The summed E-state index contributed by atoms with van der Waals surface area (Å²) in [4.78, 5) is 15.4. The summed E-state index contributed by atoms with van der Waals surface area (Å²) in [7, 11) is 0. The topological polar surface area (TPSA) is 44.9 Å². The predicted molar refractivity (Wildman–Crippen MR) is 77.4 cm³/mol. The van der Waals surface area contributed by atoms with Gasteiger partial charge in [0.15, 0.2) is 0 Å². The Balaban J connectivity index is 1.75. The summed E-state index contributed by atoms with van der Waals surface area (Å²) in [5.74, 6) is 0.901. The third-order valence-corrected chi connectivity index (χ3v) is 4.11. The van der Waals surface area contributed by atoms with Crippen molar-refractivity contribution < 1.29 is 4.79 Å². The van der Waals surface area contributed by atoms with Crippen molar-refractivity contribution in [1.82, 2.24) is 10.3 Å². The van der Waals surface area contributed by atoms with Crippen LogP contribution in [0.4, 0.5) is 0 Å². The summed E-state index contributed by atoms with van der Waals surface area (Å²) in [6.07, 6.45) is 3.80. The van der Waals surface area contributed by atoms with E-state index in [4.69, 9.17) is 0 Å². The number of amides is 1. The summed E-state index contributed by atoms with van der Waals surface area (Å²) < 4.78 is 0. The van der Waals surface area contributed by atoms with E-state index in [1.165, 1.54) is 24.1 Å². The molecule has 1 saturated carbocycles. The molecule has 2 aromatic rings. The van der Waals surface area contributed by atoms with Crippen LogP contribution in [0.1, 0.15) is 40.9 Å². The van der Waals surface area contributed by atoms with Gasteiger partial charge in [0.25, 0.3) is 5.91 Å². The molecule has 1 aliphatic rings. The van der Waals surface area contributed by atoms with Gasteiger partial charge in [-0.1, -0.05) is 12.8 Å². The van der Waals surface area contributed by atoms with Gasteiger partial charge in [-0.3, -0.25) is 4.79 Å². The lowest BCUT2D eigenvalue weighted by Gasteiger charge is -2.05. The number of aromatic amines is 1. The van der Waals surface area contributed by atoms with Crippen molar-refractivity contribution in [2.45, 2.75) is 33.1 Å². The maximum Gasteiger partial charge on any atom is 0.251 e. The number of aromatic nitrogens is 1. The van der Waals surface area contributed by atoms with Crippen LogP contribution in [0.5, 0.6) is 0 Å². The standard InChI is InChI=1S/C16H20N2O/c1-10-11(2)18-15-6-5-13(9-14(10)15)16(19)17-8-7-12-3-4-12/h5-6,9,12,18H,3-4,7-8H2,1-2H3,(H,17,19). The number of fused-ring (bicyclic) bond motifs is 1.